The molecule has 0 spiro atoms. The third-order valence-corrected chi connectivity index (χ3v) is 4.60. The number of rotatable bonds is 8. The second-order valence-corrected chi connectivity index (χ2v) is 8.19. The highest BCUT2D eigenvalue weighted by Crippen LogP contribution is 2.23. The van der Waals surface area contributed by atoms with Gasteiger partial charge in [-0.1, -0.05) is 35.3 Å². The Bertz CT molecular complexity index is 900. The number of methoxy groups -OCH3 is 1. The summed E-state index contributed by atoms with van der Waals surface area (Å²) >= 11 is 12.0. The van der Waals surface area contributed by atoms with Crippen LogP contribution in [0.4, 0.5) is 0 Å². The minimum absolute atomic E-state index is 0.205. The minimum atomic E-state index is -3.59. The Balaban J connectivity index is 2.19. The molecule has 0 bridgehead atoms. The van der Waals surface area contributed by atoms with Gasteiger partial charge >= 0.3 is 10.1 Å². The van der Waals surface area contributed by atoms with E-state index in [1.807, 2.05) is 0 Å². The summed E-state index contributed by atoms with van der Waals surface area (Å²) in [7, 11) is -2.04. The molecule has 0 fully saturated rings. The van der Waals surface area contributed by atoms with Gasteiger partial charge in [0.15, 0.2) is 0 Å². The van der Waals surface area contributed by atoms with Gasteiger partial charge in [-0.25, -0.2) is 0 Å². The number of carbonyl (C=O) groups is 1. The fraction of sp³-hybridized carbons (Fsp3) is 0.278. The summed E-state index contributed by atoms with van der Waals surface area (Å²) < 4.78 is 32.2. The molecular formula is C18H19Cl2NO5S. The normalized spacial score (nSPS) is 11.3. The van der Waals surface area contributed by atoms with Gasteiger partial charge < -0.3 is 13.8 Å². The fourth-order valence-corrected chi connectivity index (χ4v) is 3.28. The zero-order valence-corrected chi connectivity index (χ0v) is 17.1. The first-order chi connectivity index (χ1) is 12.7. The predicted molar refractivity (Wildman–Crippen MR) is 105 cm³/mol. The molecule has 2 aromatic rings. The van der Waals surface area contributed by atoms with Crippen LogP contribution in [0.5, 0.6) is 5.75 Å². The number of carbonyl (C=O) groups excluding carboxylic acids is 1. The van der Waals surface area contributed by atoms with E-state index in [0.717, 1.165) is 11.8 Å². The summed E-state index contributed by atoms with van der Waals surface area (Å²) in [6.45, 7) is 1.00. The molecule has 0 radical (unpaired) electrons. The molecule has 6 nitrogen and oxygen atoms in total. The molecule has 0 aliphatic carbocycles. The minimum Gasteiger partial charge on any atom is -0.383 e. The van der Waals surface area contributed by atoms with E-state index in [2.05, 4.69) is 0 Å². The van der Waals surface area contributed by atoms with Gasteiger partial charge in [-0.05, 0) is 35.9 Å². The molecule has 9 heteroatoms. The van der Waals surface area contributed by atoms with Crippen LogP contribution >= 0.6 is 23.2 Å². The van der Waals surface area contributed by atoms with E-state index in [0.29, 0.717) is 30.3 Å². The Morgan fingerprint density at radius 3 is 2.33 bits per heavy atom. The van der Waals surface area contributed by atoms with Crippen molar-refractivity contribution in [2.24, 2.45) is 0 Å². The Morgan fingerprint density at radius 1 is 1.11 bits per heavy atom. The molecule has 2 rings (SSSR count). The maximum atomic E-state index is 12.9. The number of halogens is 2. The zero-order chi connectivity index (χ0) is 20.0. The Hall–Kier alpha value is -1.80. The molecule has 0 aliphatic heterocycles. The number of amides is 1. The lowest BCUT2D eigenvalue weighted by atomic mass is 10.1. The first-order valence-corrected chi connectivity index (χ1v) is 10.5. The van der Waals surface area contributed by atoms with Crippen molar-refractivity contribution in [2.45, 2.75) is 6.54 Å². The van der Waals surface area contributed by atoms with Crippen LogP contribution < -0.4 is 4.18 Å². The molecular weight excluding hydrogens is 413 g/mol. The highest BCUT2D eigenvalue weighted by Gasteiger charge is 2.19. The number of hydrogen-bond donors (Lipinski definition) is 0. The average Bonchev–Trinajstić information content (AvgIpc) is 2.58. The lowest BCUT2D eigenvalue weighted by Gasteiger charge is -2.23. The Morgan fingerprint density at radius 2 is 1.78 bits per heavy atom. The van der Waals surface area contributed by atoms with E-state index in [9.17, 15) is 13.2 Å². The van der Waals surface area contributed by atoms with Gasteiger partial charge in [-0.15, -0.1) is 0 Å². The standard InChI is InChI=1S/C18H19Cl2NO5S/c1-25-10-9-21(18(22)16-8-5-14(19)11-17(16)20)12-13-3-6-15(7-4-13)26-27(2,23)24/h3-8,11H,9-10,12H2,1-2H3. The van der Waals surface area contributed by atoms with Crippen molar-refractivity contribution in [3.8, 4) is 5.75 Å². The van der Waals surface area contributed by atoms with Gasteiger partial charge in [-0.2, -0.15) is 8.42 Å². The van der Waals surface area contributed by atoms with Crippen LogP contribution in [0.3, 0.4) is 0 Å². The van der Waals surface area contributed by atoms with Crippen LogP contribution in [0.15, 0.2) is 42.5 Å². The van der Waals surface area contributed by atoms with E-state index in [1.54, 1.807) is 36.3 Å². The second-order valence-electron chi connectivity index (χ2n) is 5.78. The highest BCUT2D eigenvalue weighted by molar-refractivity contribution is 7.86. The molecule has 0 aliphatic rings. The van der Waals surface area contributed by atoms with Crippen LogP contribution in [-0.4, -0.2) is 45.7 Å². The third-order valence-electron chi connectivity index (χ3n) is 3.56. The molecule has 0 unspecified atom stereocenters. The first kappa shape index (κ1) is 21.5. The molecule has 27 heavy (non-hydrogen) atoms. The van der Waals surface area contributed by atoms with Gasteiger partial charge in [0, 0.05) is 25.2 Å². The highest BCUT2D eigenvalue weighted by atomic mass is 35.5. The summed E-state index contributed by atoms with van der Waals surface area (Å²) in [5, 5.41) is 0.716. The molecule has 1 amide bonds. The maximum Gasteiger partial charge on any atom is 0.306 e. The third kappa shape index (κ3) is 6.70. The van der Waals surface area contributed by atoms with Crippen LogP contribution in [0, 0.1) is 0 Å². The molecule has 0 atom stereocenters. The molecule has 0 saturated carbocycles. The van der Waals surface area contributed by atoms with E-state index in [1.165, 1.54) is 18.2 Å². The topological polar surface area (TPSA) is 72.9 Å². The summed E-state index contributed by atoms with van der Waals surface area (Å²) in [6, 6.07) is 11.1. The Kier molecular flexibility index (Phi) is 7.49. The summed E-state index contributed by atoms with van der Waals surface area (Å²) in [4.78, 5) is 14.5. The first-order valence-electron chi connectivity index (χ1n) is 7.91. The average molecular weight is 432 g/mol. The van der Waals surface area contributed by atoms with Crippen molar-refractivity contribution >= 4 is 39.2 Å². The maximum absolute atomic E-state index is 12.9. The van der Waals surface area contributed by atoms with Crippen LogP contribution in [0.25, 0.3) is 0 Å². The number of nitrogens with zero attached hydrogens (tertiary/aromatic N) is 1. The van der Waals surface area contributed by atoms with Crippen molar-refractivity contribution in [1.29, 1.82) is 0 Å². The molecule has 0 N–H and O–H groups in total. The molecule has 0 heterocycles. The SMILES string of the molecule is COCCN(Cc1ccc(OS(C)(=O)=O)cc1)C(=O)c1ccc(Cl)cc1Cl. The second kappa shape index (κ2) is 9.41. The van der Waals surface area contributed by atoms with E-state index < -0.39 is 10.1 Å². The van der Waals surface area contributed by atoms with Crippen molar-refractivity contribution in [1.82, 2.24) is 4.90 Å². The summed E-state index contributed by atoms with van der Waals surface area (Å²) in [5.74, 6) is -0.0538. The Labute approximate surface area is 168 Å². The van der Waals surface area contributed by atoms with Crippen molar-refractivity contribution < 1.29 is 22.1 Å². The quantitative estimate of drug-likeness (QED) is 0.596. The van der Waals surface area contributed by atoms with Gasteiger partial charge in [0.2, 0.25) is 0 Å². The van der Waals surface area contributed by atoms with Crippen LogP contribution in [0.1, 0.15) is 15.9 Å². The van der Waals surface area contributed by atoms with Crippen LogP contribution in [0.2, 0.25) is 10.0 Å². The summed E-state index contributed by atoms with van der Waals surface area (Å²) in [6.07, 6.45) is 0.974. The molecule has 0 saturated heterocycles. The molecule has 2 aromatic carbocycles. The van der Waals surface area contributed by atoms with Crippen molar-refractivity contribution in [3.63, 3.8) is 0 Å². The van der Waals surface area contributed by atoms with Gasteiger partial charge in [0.05, 0.1) is 23.4 Å². The van der Waals surface area contributed by atoms with E-state index >= 15 is 0 Å². The largest absolute Gasteiger partial charge is 0.383 e. The zero-order valence-electron chi connectivity index (χ0n) is 14.8. The number of benzene rings is 2. The van der Waals surface area contributed by atoms with Crippen molar-refractivity contribution in [3.05, 3.63) is 63.6 Å². The lowest BCUT2D eigenvalue weighted by Crippen LogP contribution is -2.33. The van der Waals surface area contributed by atoms with Crippen molar-refractivity contribution in [2.75, 3.05) is 26.5 Å². The van der Waals surface area contributed by atoms with Crippen LogP contribution in [-0.2, 0) is 21.4 Å². The van der Waals surface area contributed by atoms with Gasteiger partial charge in [0.1, 0.15) is 5.75 Å². The fourth-order valence-electron chi connectivity index (χ4n) is 2.33. The molecule has 146 valence electrons. The number of hydrogen-bond acceptors (Lipinski definition) is 5. The lowest BCUT2D eigenvalue weighted by molar-refractivity contribution is 0.0680. The van der Waals surface area contributed by atoms with E-state index in [4.69, 9.17) is 32.1 Å². The smallest absolute Gasteiger partial charge is 0.306 e. The summed E-state index contributed by atoms with van der Waals surface area (Å²) in [5.41, 5.74) is 1.14. The monoisotopic (exact) mass is 431 g/mol. The van der Waals surface area contributed by atoms with Gasteiger partial charge in [-0.3, -0.25) is 4.79 Å². The van der Waals surface area contributed by atoms with Gasteiger partial charge in [0.25, 0.3) is 5.91 Å². The predicted octanol–water partition coefficient (Wildman–Crippen LogP) is 3.62. The van der Waals surface area contributed by atoms with E-state index in [-0.39, 0.29) is 16.7 Å². The number of ether oxygens (including phenoxy) is 1. The molecule has 0 aromatic heterocycles.